The Labute approximate surface area is 359 Å². The number of anilines is 2. The van der Waals surface area contributed by atoms with Crippen molar-refractivity contribution >= 4 is 56.4 Å². The van der Waals surface area contributed by atoms with Gasteiger partial charge in [0.2, 0.25) is 0 Å². The van der Waals surface area contributed by atoms with Crippen LogP contribution < -0.4 is 21.6 Å². The van der Waals surface area contributed by atoms with Gasteiger partial charge < -0.3 is 45.2 Å². The maximum absolute atomic E-state index is 14.9. The summed E-state index contributed by atoms with van der Waals surface area (Å²) in [5.74, 6) is 0.650. The predicted octanol–water partition coefficient (Wildman–Crippen LogP) is 6.09. The first-order valence-electron chi connectivity index (χ1n) is 20.9. The molecule has 1 spiro atoms. The van der Waals surface area contributed by atoms with E-state index in [1.54, 1.807) is 34.6 Å². The number of nitrogens with two attached hydrogens (primary N) is 2. The SMILES string of the molecule is Cc1cc(=O)c2c(O)c3c(cc2o1)OC1(C)CCSSCc2c(cc(CN4C=C5N=CC=C5C4)nc2N)-c2cc(cc(N)n2)CCC2OC24C(=O)OC1C3C1CCC4C(O)C1. The normalized spacial score (nSPS) is 31.3. The number of carbonyl (C=O) groups is 1. The van der Waals surface area contributed by atoms with Gasteiger partial charge in [-0.2, -0.15) is 0 Å². The number of aromatic hydroxyl groups is 1. The van der Waals surface area contributed by atoms with Gasteiger partial charge in [-0.05, 0) is 81.7 Å². The fourth-order valence-corrected chi connectivity index (χ4v) is 13.3. The number of aryl methyl sites for hydroxylation is 2. The van der Waals surface area contributed by atoms with E-state index in [1.165, 1.54) is 11.6 Å². The number of allylic oxidation sites excluding steroid dienone is 1. The smallest absolute Gasteiger partial charge is 0.342 e. The molecule has 4 fully saturated rings. The van der Waals surface area contributed by atoms with E-state index in [0.717, 1.165) is 34.6 Å². The predicted molar refractivity (Wildman–Crippen MR) is 233 cm³/mol. The van der Waals surface area contributed by atoms with Gasteiger partial charge in [-0.15, -0.1) is 0 Å². The Hall–Kier alpha value is -5.03. The van der Waals surface area contributed by atoms with E-state index < -0.39 is 47.3 Å². The van der Waals surface area contributed by atoms with Crippen molar-refractivity contribution in [2.45, 2.75) is 100 Å². The van der Waals surface area contributed by atoms with Gasteiger partial charge in [-0.3, -0.25) is 9.79 Å². The summed E-state index contributed by atoms with van der Waals surface area (Å²) in [6, 6.07) is 8.97. The molecule has 316 valence electrons. The summed E-state index contributed by atoms with van der Waals surface area (Å²) in [5.41, 5.74) is 17.4. The maximum atomic E-state index is 14.9. The molecule has 10 heterocycles. The van der Waals surface area contributed by atoms with Crippen LogP contribution in [0.1, 0.15) is 73.1 Å². The van der Waals surface area contributed by atoms with E-state index in [-0.39, 0.29) is 28.1 Å². The molecule has 4 aromatic rings. The number of nitrogens with zero attached hydrogens (tertiary/aromatic N) is 4. The number of phenols is 1. The van der Waals surface area contributed by atoms with Gasteiger partial charge in [-0.25, -0.2) is 14.8 Å². The van der Waals surface area contributed by atoms with Crippen LogP contribution in [0.3, 0.4) is 0 Å². The number of carbonyl (C=O) groups excluding carboxylic acids is 1. The van der Waals surface area contributed by atoms with Crippen molar-refractivity contribution < 1.29 is 33.6 Å². The number of aliphatic hydroxyl groups is 1. The molecule has 8 aliphatic rings. The number of benzene rings is 1. The number of pyridine rings is 2. The number of esters is 1. The van der Waals surface area contributed by atoms with Crippen molar-refractivity contribution in [2.24, 2.45) is 16.8 Å². The highest BCUT2D eigenvalue weighted by Gasteiger charge is 2.71. The Kier molecular flexibility index (Phi) is 9.08. The molecule has 61 heavy (non-hydrogen) atoms. The molecule has 0 amide bonds. The topological polar surface area (TPSA) is 212 Å². The zero-order valence-electron chi connectivity index (χ0n) is 33.8. The number of aliphatic hydroxyl groups excluding tert-OH is 1. The van der Waals surface area contributed by atoms with E-state index in [9.17, 15) is 19.8 Å². The van der Waals surface area contributed by atoms with E-state index in [4.69, 9.17) is 40.1 Å². The number of hydrogen-bond acceptors (Lipinski definition) is 16. The van der Waals surface area contributed by atoms with E-state index >= 15 is 0 Å². The van der Waals surface area contributed by atoms with Gasteiger partial charge in [-0.1, -0.05) is 21.6 Å². The fourth-order valence-electron chi connectivity index (χ4n) is 11.0. The lowest BCUT2D eigenvalue weighted by molar-refractivity contribution is -0.175. The van der Waals surface area contributed by atoms with Crippen LogP contribution in [0.5, 0.6) is 11.5 Å². The second-order valence-corrected chi connectivity index (χ2v) is 20.3. The number of hydrogen-bond donors (Lipinski definition) is 4. The minimum absolute atomic E-state index is 0.0512. The monoisotopic (exact) mass is 862 g/mol. The van der Waals surface area contributed by atoms with Crippen molar-refractivity contribution in [1.29, 1.82) is 0 Å². The van der Waals surface area contributed by atoms with Crippen LogP contribution in [0.2, 0.25) is 0 Å². The lowest BCUT2D eigenvalue weighted by atomic mass is 9.64. The summed E-state index contributed by atoms with van der Waals surface area (Å²) in [7, 11) is 3.27. The molecule has 8 atom stereocenters. The van der Waals surface area contributed by atoms with Crippen LogP contribution >= 0.6 is 21.6 Å². The van der Waals surface area contributed by atoms with E-state index in [2.05, 4.69) is 16.0 Å². The van der Waals surface area contributed by atoms with Crippen molar-refractivity contribution in [1.82, 2.24) is 14.9 Å². The zero-order chi connectivity index (χ0) is 41.9. The third-order valence-corrected chi connectivity index (χ3v) is 16.2. The largest absolute Gasteiger partial charge is 0.507 e. The second kappa shape index (κ2) is 14.3. The molecular formula is C45H46N6O8S2. The summed E-state index contributed by atoms with van der Waals surface area (Å²) >= 11 is 0. The van der Waals surface area contributed by atoms with Gasteiger partial charge >= 0.3 is 5.97 Å². The number of epoxide rings is 1. The summed E-state index contributed by atoms with van der Waals surface area (Å²) < 4.78 is 26.1. The molecular weight excluding hydrogens is 817 g/mol. The van der Waals surface area contributed by atoms with E-state index in [0.29, 0.717) is 91.0 Å². The summed E-state index contributed by atoms with van der Waals surface area (Å²) in [4.78, 5) is 44.5. The van der Waals surface area contributed by atoms with Crippen LogP contribution in [0.4, 0.5) is 11.6 Å². The number of aromatic nitrogens is 2. The third kappa shape index (κ3) is 6.34. The summed E-state index contributed by atoms with van der Waals surface area (Å²) in [6.45, 7) is 4.91. The Morgan fingerprint density at radius 3 is 2.77 bits per heavy atom. The van der Waals surface area contributed by atoms with E-state index in [1.807, 2.05) is 37.5 Å². The Bertz CT molecular complexity index is 2700. The molecule has 6 bridgehead atoms. The van der Waals surface area contributed by atoms with Gasteiger partial charge in [0, 0.05) is 83.1 Å². The first-order chi connectivity index (χ1) is 29.4. The quantitative estimate of drug-likeness (QED) is 0.102. The van der Waals surface area contributed by atoms with Crippen molar-refractivity contribution in [3.05, 3.63) is 92.2 Å². The van der Waals surface area contributed by atoms with Crippen molar-refractivity contribution in [3.8, 4) is 22.8 Å². The molecule has 1 saturated carbocycles. The third-order valence-electron chi connectivity index (χ3n) is 13.9. The molecule has 3 aromatic heterocycles. The number of fused-ring (bicyclic) bond motifs is 9. The Morgan fingerprint density at radius 2 is 1.93 bits per heavy atom. The van der Waals surface area contributed by atoms with Crippen LogP contribution in [0.15, 0.2) is 68.1 Å². The van der Waals surface area contributed by atoms with Gasteiger partial charge in [0.15, 0.2) is 11.0 Å². The first-order valence-corrected chi connectivity index (χ1v) is 23.4. The maximum Gasteiger partial charge on any atom is 0.342 e. The lowest BCUT2D eigenvalue weighted by Crippen LogP contribution is -2.55. The molecule has 0 radical (unpaired) electrons. The highest BCUT2D eigenvalue weighted by Crippen LogP contribution is 2.60. The highest BCUT2D eigenvalue weighted by atomic mass is 33.1. The van der Waals surface area contributed by atoms with Crippen molar-refractivity contribution in [3.63, 3.8) is 0 Å². The minimum atomic E-state index is -1.35. The average Bonchev–Trinajstić information content (AvgIpc) is 3.53. The molecule has 14 nitrogen and oxygen atoms in total. The molecule has 7 aliphatic heterocycles. The van der Waals surface area contributed by atoms with Gasteiger partial charge in [0.05, 0.1) is 35.8 Å². The number of nitrogen functional groups attached to an aromatic ring is 2. The van der Waals surface area contributed by atoms with Crippen molar-refractivity contribution in [2.75, 3.05) is 23.8 Å². The minimum Gasteiger partial charge on any atom is -0.507 e. The Morgan fingerprint density at radius 1 is 1.07 bits per heavy atom. The molecule has 3 saturated heterocycles. The van der Waals surface area contributed by atoms with Crippen LogP contribution in [-0.2, 0) is 33.0 Å². The Balaban J connectivity index is 0.992. The standard InChI is InChI=1S/C45H46N6O8S2/c1-21-11-32(53)38-33(56-21)16-34-39(40(38)54)37-23-4-5-28(31(52)14-23)45-35(59-45)6-3-22-12-29(50-36(46)13-22)26-15-25(18-51-17-24-7-9-48-30(24)19-51)49-42(47)27(26)20-61-60-10-8-44(2,58-34)41(37)57-43(45)55/h7,9,11-13,15-16,19,23,28,31,35,37,41,52,54H,3-6,8,10,14,17-18,20H2,1-2H3,(H2,46,50)(H2,47,49). The molecule has 16 heteroatoms. The van der Waals surface area contributed by atoms with Crippen LogP contribution in [-0.4, -0.2) is 79.1 Å². The molecule has 8 unspecified atom stereocenters. The van der Waals surface area contributed by atoms with Gasteiger partial charge in [0.1, 0.15) is 51.6 Å². The fraction of sp³-hybridized carbons (Fsp3) is 0.444. The number of ether oxygens (including phenoxy) is 3. The second-order valence-electron chi connectivity index (χ2n) is 17.7. The molecule has 12 rings (SSSR count). The lowest BCUT2D eigenvalue weighted by Gasteiger charge is -2.48. The average molecular weight is 863 g/mol. The molecule has 6 N–H and O–H groups in total. The zero-order valence-corrected chi connectivity index (χ0v) is 35.4. The molecule has 1 aromatic carbocycles. The number of aliphatic imine (C=N–C) groups is 1. The summed E-state index contributed by atoms with van der Waals surface area (Å²) in [5, 5.41) is 24.0. The highest BCUT2D eigenvalue weighted by molar-refractivity contribution is 8.76. The first kappa shape index (κ1) is 38.9. The summed E-state index contributed by atoms with van der Waals surface area (Å²) in [6.07, 6.45) is 6.64. The number of phenolic OH excluding ortho intramolecular Hbond substituents is 1. The van der Waals surface area contributed by atoms with Crippen LogP contribution in [0.25, 0.3) is 22.2 Å². The number of rotatable bonds is 2. The molecule has 1 aliphatic carbocycles. The van der Waals surface area contributed by atoms with Crippen LogP contribution in [0, 0.1) is 18.8 Å². The van der Waals surface area contributed by atoms with Gasteiger partial charge in [0.25, 0.3) is 0 Å².